The number of halogens is 1. The summed E-state index contributed by atoms with van der Waals surface area (Å²) in [5.74, 6) is 1.71. The van der Waals surface area contributed by atoms with Crippen LogP contribution in [0, 0.1) is 23.2 Å². The first-order chi connectivity index (χ1) is 12.8. The predicted molar refractivity (Wildman–Crippen MR) is 114 cm³/mol. The lowest BCUT2D eigenvalue weighted by Crippen LogP contribution is -2.42. The fraction of sp³-hybridized carbons (Fsp3) is 1.00. The molecule has 0 spiro atoms. The minimum absolute atomic E-state index is 0.0308. The summed E-state index contributed by atoms with van der Waals surface area (Å²) in [5, 5.41) is 0. The number of ether oxygens (including phenoxy) is 2. The Labute approximate surface area is 169 Å². The van der Waals surface area contributed by atoms with Crippen molar-refractivity contribution in [3.63, 3.8) is 0 Å². The summed E-state index contributed by atoms with van der Waals surface area (Å²) >= 11 is 0. The van der Waals surface area contributed by atoms with Crippen LogP contribution in [-0.2, 0) is 9.47 Å². The maximum atomic E-state index is 16.0. The van der Waals surface area contributed by atoms with Crippen molar-refractivity contribution in [1.29, 1.82) is 0 Å². The molecule has 2 nitrogen and oxygen atoms in total. The van der Waals surface area contributed by atoms with Crippen LogP contribution in [0.5, 0.6) is 0 Å². The Morgan fingerprint density at radius 3 is 1.67 bits per heavy atom. The maximum absolute atomic E-state index is 16.0. The predicted octanol–water partition coefficient (Wildman–Crippen LogP) is 7.21. The van der Waals surface area contributed by atoms with E-state index in [-0.39, 0.29) is 5.41 Å². The van der Waals surface area contributed by atoms with Crippen molar-refractivity contribution in [3.8, 4) is 0 Å². The van der Waals surface area contributed by atoms with Crippen molar-refractivity contribution >= 4 is 0 Å². The van der Waals surface area contributed by atoms with Gasteiger partial charge < -0.3 is 9.47 Å². The molecule has 0 atom stereocenters. The van der Waals surface area contributed by atoms with Crippen LogP contribution in [0.25, 0.3) is 0 Å². The normalized spacial score (nSPS) is 17.2. The molecule has 0 aliphatic heterocycles. The average Bonchev–Trinajstić information content (AvgIpc) is 2.64. The molecule has 3 heteroatoms. The molecule has 0 N–H and O–H groups in total. The van der Waals surface area contributed by atoms with Gasteiger partial charge in [0.25, 0.3) is 0 Å². The van der Waals surface area contributed by atoms with Crippen LogP contribution in [0.3, 0.4) is 0 Å². The second-order valence-corrected chi connectivity index (χ2v) is 10.1. The van der Waals surface area contributed by atoms with Crippen LogP contribution in [-0.4, -0.2) is 33.1 Å². The van der Waals surface area contributed by atoms with Gasteiger partial charge >= 0.3 is 0 Å². The van der Waals surface area contributed by atoms with Crippen LogP contribution in [0.2, 0.25) is 0 Å². The quantitative estimate of drug-likeness (QED) is 0.314. The monoisotopic (exact) mass is 386 g/mol. The van der Waals surface area contributed by atoms with Gasteiger partial charge in [-0.3, -0.25) is 0 Å². The van der Waals surface area contributed by atoms with Gasteiger partial charge in [-0.2, -0.15) is 0 Å². The van der Waals surface area contributed by atoms with E-state index in [2.05, 4.69) is 27.7 Å². The molecular weight excluding hydrogens is 339 g/mol. The van der Waals surface area contributed by atoms with Crippen molar-refractivity contribution < 1.29 is 13.9 Å². The van der Waals surface area contributed by atoms with Crippen LogP contribution in [0.15, 0.2) is 0 Å². The van der Waals surface area contributed by atoms with E-state index in [4.69, 9.17) is 9.47 Å². The van der Waals surface area contributed by atoms with Gasteiger partial charge in [-0.05, 0) is 69.1 Å². The molecule has 0 radical (unpaired) electrons. The number of alkyl halides is 1. The van der Waals surface area contributed by atoms with Gasteiger partial charge in [-0.25, -0.2) is 4.39 Å². The van der Waals surface area contributed by atoms with Crippen molar-refractivity contribution in [2.45, 2.75) is 104 Å². The molecule has 1 aliphatic carbocycles. The fourth-order valence-corrected chi connectivity index (χ4v) is 4.86. The van der Waals surface area contributed by atoms with Crippen LogP contribution in [0.4, 0.5) is 4.39 Å². The Balaban J connectivity index is 2.89. The zero-order valence-electron chi connectivity index (χ0n) is 19.1. The zero-order valence-corrected chi connectivity index (χ0v) is 19.1. The highest BCUT2D eigenvalue weighted by atomic mass is 19.1. The molecule has 27 heavy (non-hydrogen) atoms. The van der Waals surface area contributed by atoms with Gasteiger partial charge in [0, 0.05) is 19.6 Å². The molecular formula is C24H47FO2. The lowest BCUT2D eigenvalue weighted by atomic mass is 9.65. The molecule has 0 amide bonds. The Morgan fingerprint density at radius 1 is 0.778 bits per heavy atom. The van der Waals surface area contributed by atoms with Crippen molar-refractivity contribution in [2.75, 3.05) is 27.4 Å². The molecule has 0 aromatic heterocycles. The molecule has 1 fully saturated rings. The largest absolute Gasteiger partial charge is 0.384 e. The van der Waals surface area contributed by atoms with Gasteiger partial charge in [-0.1, -0.05) is 47.0 Å². The summed E-state index contributed by atoms with van der Waals surface area (Å²) in [6, 6.07) is 0. The van der Waals surface area contributed by atoms with Gasteiger partial charge in [-0.15, -0.1) is 0 Å². The Bertz CT molecular complexity index is 357. The third-order valence-electron chi connectivity index (χ3n) is 6.75. The van der Waals surface area contributed by atoms with Gasteiger partial charge in [0.1, 0.15) is 5.67 Å². The summed E-state index contributed by atoms with van der Waals surface area (Å²) in [5.41, 5.74) is -1.08. The highest BCUT2D eigenvalue weighted by Crippen LogP contribution is 2.45. The molecule has 0 unspecified atom stereocenters. The van der Waals surface area contributed by atoms with Gasteiger partial charge in [0.2, 0.25) is 0 Å². The van der Waals surface area contributed by atoms with E-state index in [0.717, 1.165) is 19.3 Å². The highest BCUT2D eigenvalue weighted by molar-refractivity contribution is 4.92. The minimum Gasteiger partial charge on any atom is -0.384 e. The summed E-state index contributed by atoms with van der Waals surface area (Å²) in [6.07, 6.45) is 11.3. The van der Waals surface area contributed by atoms with Crippen LogP contribution in [0.1, 0.15) is 98.3 Å². The number of hydrogen-bond donors (Lipinski definition) is 0. The summed E-state index contributed by atoms with van der Waals surface area (Å²) < 4.78 is 27.4. The Hall–Kier alpha value is -0.150. The first-order valence-electron chi connectivity index (χ1n) is 11.4. The van der Waals surface area contributed by atoms with E-state index < -0.39 is 5.67 Å². The first-order valence-corrected chi connectivity index (χ1v) is 11.4. The molecule has 1 rings (SSSR count). The maximum Gasteiger partial charge on any atom is 0.111 e. The standard InChI is InChI=1S/C24H47FO2/c1-20(2)12-14-24(25,15-13-21(3)4)17-16-23(18-26-5,19-27-6)22-10-8-7-9-11-22/h20-22H,7-19H2,1-6H3. The van der Waals surface area contributed by atoms with E-state index in [1.165, 1.54) is 32.1 Å². The number of rotatable bonds is 14. The topological polar surface area (TPSA) is 18.5 Å². The number of methoxy groups -OCH3 is 2. The summed E-state index contributed by atoms with van der Waals surface area (Å²) in [4.78, 5) is 0. The summed E-state index contributed by atoms with van der Waals surface area (Å²) in [7, 11) is 3.57. The zero-order chi connectivity index (χ0) is 20.3. The van der Waals surface area contributed by atoms with Crippen LogP contribution >= 0.6 is 0 Å². The van der Waals surface area contributed by atoms with Crippen molar-refractivity contribution in [2.24, 2.45) is 23.2 Å². The SMILES string of the molecule is COCC(CCC(F)(CCC(C)C)CCC(C)C)(COC)C1CCCCC1. The lowest BCUT2D eigenvalue weighted by molar-refractivity contribution is -0.0575. The highest BCUT2D eigenvalue weighted by Gasteiger charge is 2.42. The second kappa shape index (κ2) is 12.4. The van der Waals surface area contributed by atoms with E-state index in [0.29, 0.717) is 50.2 Å². The Morgan fingerprint density at radius 2 is 1.26 bits per heavy atom. The third-order valence-corrected chi connectivity index (χ3v) is 6.75. The minimum atomic E-state index is -1.05. The Kier molecular flexibility index (Phi) is 11.4. The molecule has 0 aromatic rings. The van der Waals surface area contributed by atoms with E-state index in [1.54, 1.807) is 14.2 Å². The lowest BCUT2D eigenvalue weighted by Gasteiger charge is -2.43. The van der Waals surface area contributed by atoms with E-state index in [1.807, 2.05) is 0 Å². The van der Waals surface area contributed by atoms with Crippen LogP contribution < -0.4 is 0 Å². The molecule has 0 heterocycles. The molecule has 1 saturated carbocycles. The van der Waals surface area contributed by atoms with E-state index >= 15 is 4.39 Å². The molecule has 0 bridgehead atoms. The smallest absolute Gasteiger partial charge is 0.111 e. The molecule has 162 valence electrons. The molecule has 1 aliphatic rings. The number of hydrogen-bond acceptors (Lipinski definition) is 2. The summed E-state index contributed by atoms with van der Waals surface area (Å²) in [6.45, 7) is 10.2. The van der Waals surface area contributed by atoms with E-state index in [9.17, 15) is 0 Å². The molecule has 0 saturated heterocycles. The first kappa shape index (κ1) is 24.9. The van der Waals surface area contributed by atoms with Crippen molar-refractivity contribution in [3.05, 3.63) is 0 Å². The second-order valence-electron chi connectivity index (χ2n) is 10.1. The third kappa shape index (κ3) is 8.81. The van der Waals surface area contributed by atoms with Crippen molar-refractivity contribution in [1.82, 2.24) is 0 Å². The van der Waals surface area contributed by atoms with Gasteiger partial charge in [0.15, 0.2) is 0 Å². The van der Waals surface area contributed by atoms with Gasteiger partial charge in [0.05, 0.1) is 13.2 Å². The molecule has 0 aromatic carbocycles. The fourth-order valence-electron chi connectivity index (χ4n) is 4.86. The average molecular weight is 387 g/mol.